The van der Waals surface area contributed by atoms with Crippen molar-refractivity contribution >= 4 is 29.6 Å². The zero-order chi connectivity index (χ0) is 23.6. The van der Waals surface area contributed by atoms with Crippen LogP contribution in [0.15, 0.2) is 30.3 Å². The fraction of sp³-hybridized carbons (Fsp3) is 0.450. The van der Waals surface area contributed by atoms with Crippen molar-refractivity contribution in [1.29, 1.82) is 0 Å². The highest BCUT2D eigenvalue weighted by atomic mass is 16.4. The molecule has 0 aromatic heterocycles. The van der Waals surface area contributed by atoms with Crippen molar-refractivity contribution in [3.8, 4) is 0 Å². The minimum Gasteiger partial charge on any atom is -0.480 e. The summed E-state index contributed by atoms with van der Waals surface area (Å²) in [6.07, 6.45) is -0.431. The van der Waals surface area contributed by atoms with Gasteiger partial charge in [-0.25, -0.2) is 4.79 Å². The van der Waals surface area contributed by atoms with Crippen LogP contribution in [0.5, 0.6) is 0 Å². The van der Waals surface area contributed by atoms with Gasteiger partial charge < -0.3 is 32.5 Å². The number of carboxylic acid groups (broad SMARTS) is 1. The zero-order valence-corrected chi connectivity index (χ0v) is 17.5. The second-order valence-electron chi connectivity index (χ2n) is 7.37. The van der Waals surface area contributed by atoms with E-state index in [2.05, 4.69) is 16.0 Å². The first kappa shape index (κ1) is 25.6. The molecule has 0 fully saturated rings. The van der Waals surface area contributed by atoms with Gasteiger partial charge in [0.25, 0.3) is 0 Å². The summed E-state index contributed by atoms with van der Waals surface area (Å²) in [4.78, 5) is 59.3. The van der Waals surface area contributed by atoms with Gasteiger partial charge in [-0.3, -0.25) is 19.2 Å². The first-order chi connectivity index (χ1) is 14.5. The molecule has 11 heteroatoms. The number of nitrogens with one attached hydrogen (secondary N) is 3. The predicted molar refractivity (Wildman–Crippen MR) is 111 cm³/mol. The number of rotatable bonds is 12. The van der Waals surface area contributed by atoms with Crippen LogP contribution in [0, 0.1) is 5.92 Å². The maximum atomic E-state index is 12.4. The van der Waals surface area contributed by atoms with Crippen molar-refractivity contribution in [3.05, 3.63) is 35.9 Å². The molecule has 0 aliphatic heterocycles. The maximum Gasteiger partial charge on any atom is 0.326 e. The average molecular weight is 435 g/mol. The number of primary amides is 1. The SMILES string of the molecule is CC(C)C(N)C(=O)NC(CC(N)=O)C(=O)NCC(=O)NC(Cc1ccccc1)C(=O)O. The van der Waals surface area contributed by atoms with Gasteiger partial charge in [0.05, 0.1) is 19.0 Å². The Hall–Kier alpha value is -3.47. The number of nitrogens with two attached hydrogens (primary N) is 2. The molecule has 3 atom stereocenters. The number of carboxylic acids is 1. The van der Waals surface area contributed by atoms with Crippen LogP contribution in [0.4, 0.5) is 0 Å². The van der Waals surface area contributed by atoms with Crippen LogP contribution in [0.3, 0.4) is 0 Å². The van der Waals surface area contributed by atoms with Gasteiger partial charge in [0.15, 0.2) is 0 Å². The molecule has 170 valence electrons. The van der Waals surface area contributed by atoms with E-state index in [0.717, 1.165) is 0 Å². The first-order valence-corrected chi connectivity index (χ1v) is 9.69. The molecule has 0 heterocycles. The third-order valence-electron chi connectivity index (χ3n) is 4.40. The van der Waals surface area contributed by atoms with Crippen LogP contribution in [0.2, 0.25) is 0 Å². The van der Waals surface area contributed by atoms with Gasteiger partial charge in [0.1, 0.15) is 12.1 Å². The molecule has 1 aromatic carbocycles. The number of carbonyl (C=O) groups is 5. The van der Waals surface area contributed by atoms with Gasteiger partial charge in [-0.15, -0.1) is 0 Å². The monoisotopic (exact) mass is 435 g/mol. The Balaban J connectivity index is 2.67. The van der Waals surface area contributed by atoms with Crippen molar-refractivity contribution in [2.24, 2.45) is 17.4 Å². The number of hydrogen-bond acceptors (Lipinski definition) is 6. The van der Waals surface area contributed by atoms with E-state index in [0.29, 0.717) is 5.56 Å². The Morgan fingerprint density at radius 3 is 2.10 bits per heavy atom. The summed E-state index contributed by atoms with van der Waals surface area (Å²) < 4.78 is 0. The summed E-state index contributed by atoms with van der Waals surface area (Å²) in [6.45, 7) is 2.87. The van der Waals surface area contributed by atoms with Gasteiger partial charge in [0, 0.05) is 6.42 Å². The number of carbonyl (C=O) groups excluding carboxylic acids is 4. The van der Waals surface area contributed by atoms with E-state index < -0.39 is 60.7 Å². The van der Waals surface area contributed by atoms with E-state index in [1.54, 1.807) is 44.2 Å². The normalized spacial score (nSPS) is 13.5. The van der Waals surface area contributed by atoms with Gasteiger partial charge in [0.2, 0.25) is 23.6 Å². The largest absolute Gasteiger partial charge is 0.480 e. The zero-order valence-electron chi connectivity index (χ0n) is 17.5. The Morgan fingerprint density at radius 1 is 0.968 bits per heavy atom. The Labute approximate surface area is 179 Å². The molecule has 1 rings (SSSR count). The molecule has 0 bridgehead atoms. The maximum absolute atomic E-state index is 12.4. The van der Waals surface area contributed by atoms with Gasteiger partial charge in [-0.05, 0) is 11.5 Å². The second-order valence-corrected chi connectivity index (χ2v) is 7.37. The fourth-order valence-corrected chi connectivity index (χ4v) is 2.57. The van der Waals surface area contributed by atoms with Crippen LogP contribution in [0.1, 0.15) is 25.8 Å². The third kappa shape index (κ3) is 9.26. The fourth-order valence-electron chi connectivity index (χ4n) is 2.57. The lowest BCUT2D eigenvalue weighted by Gasteiger charge is -2.21. The number of hydrogen-bond donors (Lipinski definition) is 6. The van der Waals surface area contributed by atoms with Crippen LogP contribution in [-0.4, -0.2) is 59.4 Å². The molecular weight excluding hydrogens is 406 g/mol. The molecule has 4 amide bonds. The number of aliphatic carboxylic acids is 1. The molecular formula is C20H29N5O6. The predicted octanol–water partition coefficient (Wildman–Crippen LogP) is -1.74. The molecule has 3 unspecified atom stereocenters. The van der Waals surface area contributed by atoms with Crippen LogP contribution in [-0.2, 0) is 30.4 Å². The van der Waals surface area contributed by atoms with Crippen LogP contribution in [0.25, 0.3) is 0 Å². The molecule has 0 spiro atoms. The molecule has 0 aliphatic rings. The Morgan fingerprint density at radius 2 is 1.58 bits per heavy atom. The van der Waals surface area contributed by atoms with Gasteiger partial charge >= 0.3 is 5.97 Å². The second kappa shape index (κ2) is 12.3. The average Bonchev–Trinajstić information content (AvgIpc) is 2.70. The van der Waals surface area contributed by atoms with E-state index in [1.807, 2.05) is 0 Å². The first-order valence-electron chi connectivity index (χ1n) is 9.69. The minimum absolute atomic E-state index is 0.0588. The number of benzene rings is 1. The van der Waals surface area contributed by atoms with E-state index in [9.17, 15) is 29.1 Å². The standard InChI is InChI=1S/C20H29N5O6/c1-11(2)17(22)19(29)25-13(9-15(21)26)18(28)23-10-16(27)24-14(20(30)31)8-12-6-4-3-5-7-12/h3-7,11,13-14,17H,8-10,22H2,1-2H3,(H2,21,26)(H,23,28)(H,24,27)(H,25,29)(H,30,31). The summed E-state index contributed by atoms with van der Waals surface area (Å²) in [5.41, 5.74) is 11.6. The lowest BCUT2D eigenvalue weighted by molar-refractivity contribution is -0.141. The highest BCUT2D eigenvalue weighted by Gasteiger charge is 2.27. The third-order valence-corrected chi connectivity index (χ3v) is 4.40. The van der Waals surface area contributed by atoms with E-state index >= 15 is 0 Å². The van der Waals surface area contributed by atoms with E-state index in [4.69, 9.17) is 11.5 Å². The van der Waals surface area contributed by atoms with Gasteiger partial charge in [-0.2, -0.15) is 0 Å². The molecule has 11 nitrogen and oxygen atoms in total. The summed E-state index contributed by atoms with van der Waals surface area (Å²) in [5.74, 6) is -4.50. The Kier molecular flexibility index (Phi) is 10.1. The molecule has 0 aliphatic carbocycles. The summed E-state index contributed by atoms with van der Waals surface area (Å²) in [5, 5.41) is 16.3. The highest BCUT2D eigenvalue weighted by Crippen LogP contribution is 2.04. The lowest BCUT2D eigenvalue weighted by atomic mass is 10.0. The topological polar surface area (TPSA) is 194 Å². The highest BCUT2D eigenvalue weighted by molar-refractivity contribution is 5.95. The molecule has 0 saturated carbocycles. The van der Waals surface area contributed by atoms with Gasteiger partial charge in [-0.1, -0.05) is 44.2 Å². The minimum atomic E-state index is -1.32. The smallest absolute Gasteiger partial charge is 0.326 e. The quantitative estimate of drug-likeness (QED) is 0.224. The Bertz CT molecular complexity index is 799. The van der Waals surface area contributed by atoms with Crippen molar-refractivity contribution in [3.63, 3.8) is 0 Å². The lowest BCUT2D eigenvalue weighted by Crippen LogP contribution is -2.55. The molecule has 1 aromatic rings. The van der Waals surface area contributed by atoms with Crippen molar-refractivity contribution in [2.75, 3.05) is 6.54 Å². The van der Waals surface area contributed by atoms with Crippen molar-refractivity contribution < 1.29 is 29.1 Å². The van der Waals surface area contributed by atoms with Crippen LogP contribution >= 0.6 is 0 Å². The molecule has 0 saturated heterocycles. The van der Waals surface area contributed by atoms with Crippen LogP contribution < -0.4 is 27.4 Å². The van der Waals surface area contributed by atoms with Crippen molar-refractivity contribution in [1.82, 2.24) is 16.0 Å². The summed E-state index contributed by atoms with van der Waals surface area (Å²) in [7, 11) is 0. The van der Waals surface area contributed by atoms with Crippen molar-refractivity contribution in [2.45, 2.75) is 44.8 Å². The number of amides is 4. The van der Waals surface area contributed by atoms with E-state index in [-0.39, 0.29) is 12.3 Å². The summed E-state index contributed by atoms with van der Waals surface area (Å²) in [6, 6.07) is 5.30. The molecule has 0 radical (unpaired) electrons. The van der Waals surface area contributed by atoms with E-state index in [1.165, 1.54) is 0 Å². The summed E-state index contributed by atoms with van der Waals surface area (Å²) >= 11 is 0. The molecule has 31 heavy (non-hydrogen) atoms. The molecule has 8 N–H and O–H groups in total.